The second-order valence-electron chi connectivity index (χ2n) is 5.54. The number of nitrogens with one attached hydrogen (secondary N) is 1. The fourth-order valence-corrected chi connectivity index (χ4v) is 3.02. The lowest BCUT2D eigenvalue weighted by Gasteiger charge is -2.37. The number of rotatable bonds is 5. The van der Waals surface area contributed by atoms with Crippen molar-refractivity contribution in [1.82, 2.24) is 10.2 Å². The molecule has 0 aromatic heterocycles. The van der Waals surface area contributed by atoms with Crippen LogP contribution in [0.3, 0.4) is 0 Å². The molecule has 0 bridgehead atoms. The Balaban J connectivity index is 1.81. The first kappa shape index (κ1) is 15.0. The molecule has 0 saturated carbocycles. The van der Waals surface area contributed by atoms with E-state index in [-0.39, 0.29) is 5.91 Å². The van der Waals surface area contributed by atoms with Crippen LogP contribution in [0.5, 0.6) is 0 Å². The van der Waals surface area contributed by atoms with Crippen LogP contribution < -0.4 is 5.32 Å². The van der Waals surface area contributed by atoms with Crippen LogP contribution in [0.25, 0.3) is 0 Å². The molecule has 3 nitrogen and oxygen atoms in total. The van der Waals surface area contributed by atoms with Crippen LogP contribution in [0.15, 0.2) is 24.3 Å². The second-order valence-corrected chi connectivity index (χ2v) is 5.54. The SMILES string of the molecule is CCC(CC)N1CCC(NC(=O)c2cc[c]cc2)CC1. The second kappa shape index (κ2) is 7.44. The van der Waals surface area contributed by atoms with Gasteiger partial charge in [0, 0.05) is 30.7 Å². The Morgan fingerprint density at radius 3 is 2.45 bits per heavy atom. The van der Waals surface area contributed by atoms with Gasteiger partial charge in [-0.1, -0.05) is 26.0 Å². The number of amides is 1. The van der Waals surface area contributed by atoms with Crippen molar-refractivity contribution in [3.05, 3.63) is 35.9 Å². The summed E-state index contributed by atoms with van der Waals surface area (Å²) >= 11 is 0. The fourth-order valence-electron chi connectivity index (χ4n) is 3.02. The molecule has 0 spiro atoms. The van der Waals surface area contributed by atoms with Crippen molar-refractivity contribution >= 4 is 5.91 Å². The molecule has 0 unspecified atom stereocenters. The summed E-state index contributed by atoms with van der Waals surface area (Å²) in [5.74, 6) is 0.0417. The summed E-state index contributed by atoms with van der Waals surface area (Å²) in [5.41, 5.74) is 0.728. The highest BCUT2D eigenvalue weighted by Crippen LogP contribution is 2.17. The predicted octanol–water partition coefficient (Wildman–Crippen LogP) is 2.87. The van der Waals surface area contributed by atoms with Gasteiger partial charge in [-0.3, -0.25) is 4.79 Å². The van der Waals surface area contributed by atoms with Gasteiger partial charge in [0.1, 0.15) is 0 Å². The minimum Gasteiger partial charge on any atom is -0.349 e. The summed E-state index contributed by atoms with van der Waals surface area (Å²) in [6.07, 6.45) is 4.55. The van der Waals surface area contributed by atoms with Crippen molar-refractivity contribution in [3.8, 4) is 0 Å². The number of hydrogen-bond acceptors (Lipinski definition) is 2. The van der Waals surface area contributed by atoms with Crippen LogP contribution in [-0.4, -0.2) is 36.0 Å². The van der Waals surface area contributed by atoms with Gasteiger partial charge in [0.2, 0.25) is 0 Å². The van der Waals surface area contributed by atoms with E-state index in [0.29, 0.717) is 12.1 Å². The number of hydrogen-bond donors (Lipinski definition) is 1. The van der Waals surface area contributed by atoms with E-state index < -0.39 is 0 Å². The molecule has 1 amide bonds. The lowest BCUT2D eigenvalue weighted by atomic mass is 10.0. The van der Waals surface area contributed by atoms with Gasteiger partial charge in [-0.05, 0) is 43.9 Å². The Hall–Kier alpha value is -1.35. The van der Waals surface area contributed by atoms with Crippen LogP contribution in [0.2, 0.25) is 0 Å². The molecule has 1 aliphatic rings. The zero-order valence-electron chi connectivity index (χ0n) is 12.6. The lowest BCUT2D eigenvalue weighted by molar-refractivity contribution is 0.0886. The molecule has 1 aromatic rings. The molecule has 2 rings (SSSR count). The Morgan fingerprint density at radius 2 is 1.90 bits per heavy atom. The van der Waals surface area contributed by atoms with Crippen molar-refractivity contribution in [2.75, 3.05) is 13.1 Å². The third kappa shape index (κ3) is 3.83. The van der Waals surface area contributed by atoms with Gasteiger partial charge < -0.3 is 10.2 Å². The minimum atomic E-state index is 0.0417. The van der Waals surface area contributed by atoms with Crippen molar-refractivity contribution in [3.63, 3.8) is 0 Å². The molecule has 1 saturated heterocycles. The van der Waals surface area contributed by atoms with Gasteiger partial charge in [-0.15, -0.1) is 0 Å². The smallest absolute Gasteiger partial charge is 0.251 e. The number of piperidine rings is 1. The van der Waals surface area contributed by atoms with Crippen LogP contribution in [0.4, 0.5) is 0 Å². The molecular weight excluding hydrogens is 248 g/mol. The number of carbonyl (C=O) groups excluding carboxylic acids is 1. The first-order valence-corrected chi connectivity index (χ1v) is 7.75. The average Bonchev–Trinajstić information content (AvgIpc) is 2.51. The number of benzene rings is 1. The maximum Gasteiger partial charge on any atom is 0.251 e. The largest absolute Gasteiger partial charge is 0.349 e. The molecule has 1 fully saturated rings. The summed E-state index contributed by atoms with van der Waals surface area (Å²) in [6.45, 7) is 6.71. The molecular formula is C17H25N2O. The molecule has 20 heavy (non-hydrogen) atoms. The molecule has 1 aliphatic heterocycles. The van der Waals surface area contributed by atoms with E-state index >= 15 is 0 Å². The van der Waals surface area contributed by atoms with Gasteiger partial charge in [0.05, 0.1) is 0 Å². The molecule has 0 aliphatic carbocycles. The Labute approximate surface area is 122 Å². The molecule has 3 heteroatoms. The Kier molecular flexibility index (Phi) is 5.60. The van der Waals surface area contributed by atoms with Crippen LogP contribution >= 0.6 is 0 Å². The predicted molar refractivity (Wildman–Crippen MR) is 81.7 cm³/mol. The van der Waals surface area contributed by atoms with Crippen LogP contribution in [0, 0.1) is 6.07 Å². The van der Waals surface area contributed by atoms with Crippen molar-refractivity contribution < 1.29 is 4.79 Å². The number of carbonyl (C=O) groups is 1. The third-order valence-corrected chi connectivity index (χ3v) is 4.30. The fraction of sp³-hybridized carbons (Fsp3) is 0.588. The monoisotopic (exact) mass is 273 g/mol. The highest BCUT2D eigenvalue weighted by molar-refractivity contribution is 5.94. The van der Waals surface area contributed by atoms with E-state index in [0.717, 1.165) is 31.5 Å². The standard InChI is InChI=1S/C17H25N2O/c1-3-16(4-2)19-12-10-15(11-13-19)18-17(20)14-8-6-5-7-9-14/h6-9,15-16H,3-4,10-13H2,1-2H3,(H,18,20). The quantitative estimate of drug-likeness (QED) is 0.894. The van der Waals surface area contributed by atoms with E-state index in [1.165, 1.54) is 12.8 Å². The van der Waals surface area contributed by atoms with Gasteiger partial charge in [0.15, 0.2) is 0 Å². The highest BCUT2D eigenvalue weighted by Gasteiger charge is 2.24. The topological polar surface area (TPSA) is 32.3 Å². The zero-order chi connectivity index (χ0) is 14.4. The van der Waals surface area contributed by atoms with Gasteiger partial charge >= 0.3 is 0 Å². The van der Waals surface area contributed by atoms with Crippen LogP contribution in [-0.2, 0) is 0 Å². The highest BCUT2D eigenvalue weighted by atomic mass is 16.1. The normalized spacial score (nSPS) is 17.4. The maximum absolute atomic E-state index is 12.1. The summed E-state index contributed by atoms with van der Waals surface area (Å²) in [6, 6.07) is 11.2. The van der Waals surface area contributed by atoms with Gasteiger partial charge in [-0.2, -0.15) is 0 Å². The molecule has 1 aromatic carbocycles. The van der Waals surface area contributed by atoms with E-state index in [9.17, 15) is 4.79 Å². The first-order valence-electron chi connectivity index (χ1n) is 7.75. The number of likely N-dealkylation sites (tertiary alicyclic amines) is 1. The van der Waals surface area contributed by atoms with E-state index in [2.05, 4.69) is 30.1 Å². The Morgan fingerprint density at radius 1 is 1.30 bits per heavy atom. The maximum atomic E-state index is 12.1. The summed E-state index contributed by atoms with van der Waals surface area (Å²) in [7, 11) is 0. The first-order chi connectivity index (χ1) is 9.74. The molecule has 1 N–H and O–H groups in total. The van der Waals surface area contributed by atoms with Crippen molar-refractivity contribution in [1.29, 1.82) is 0 Å². The lowest BCUT2D eigenvalue weighted by Crippen LogP contribution is -2.47. The summed E-state index contributed by atoms with van der Waals surface area (Å²) in [4.78, 5) is 14.7. The van der Waals surface area contributed by atoms with Gasteiger partial charge in [0.25, 0.3) is 5.91 Å². The number of nitrogens with zero attached hydrogens (tertiary/aromatic N) is 1. The van der Waals surface area contributed by atoms with Crippen LogP contribution in [0.1, 0.15) is 49.9 Å². The third-order valence-electron chi connectivity index (χ3n) is 4.30. The van der Waals surface area contributed by atoms with E-state index in [1.807, 2.05) is 12.1 Å². The Bertz CT molecular complexity index is 406. The van der Waals surface area contributed by atoms with Crippen molar-refractivity contribution in [2.45, 2.75) is 51.6 Å². The zero-order valence-corrected chi connectivity index (χ0v) is 12.6. The molecule has 109 valence electrons. The summed E-state index contributed by atoms with van der Waals surface area (Å²) in [5, 5.41) is 3.15. The molecule has 1 radical (unpaired) electrons. The molecule has 0 atom stereocenters. The average molecular weight is 273 g/mol. The summed E-state index contributed by atoms with van der Waals surface area (Å²) < 4.78 is 0. The minimum absolute atomic E-state index is 0.0417. The molecule has 1 heterocycles. The van der Waals surface area contributed by atoms with E-state index in [1.54, 1.807) is 12.1 Å². The van der Waals surface area contributed by atoms with E-state index in [4.69, 9.17) is 0 Å². The van der Waals surface area contributed by atoms with Gasteiger partial charge in [-0.25, -0.2) is 0 Å². The van der Waals surface area contributed by atoms with Crippen molar-refractivity contribution in [2.24, 2.45) is 0 Å².